The molecule has 0 saturated heterocycles. The molecule has 0 unspecified atom stereocenters. The van der Waals surface area contributed by atoms with E-state index in [0.29, 0.717) is 6.61 Å². The summed E-state index contributed by atoms with van der Waals surface area (Å²) in [6.07, 6.45) is 2.07. The summed E-state index contributed by atoms with van der Waals surface area (Å²) in [5.74, 6) is 0.914. The Balaban J connectivity index is 1.90. The molecule has 0 aromatic heterocycles. The van der Waals surface area contributed by atoms with Crippen molar-refractivity contribution in [1.82, 2.24) is 5.32 Å². The number of rotatable bonds is 6. The highest BCUT2D eigenvalue weighted by molar-refractivity contribution is 7.98. The minimum Gasteiger partial charge on any atom is -0.489 e. The quantitative estimate of drug-likeness (QED) is 0.811. The monoisotopic (exact) mass is 273 g/mol. The summed E-state index contributed by atoms with van der Waals surface area (Å²) in [7, 11) is 1.95. The predicted molar refractivity (Wildman–Crippen MR) is 81.8 cm³/mol. The zero-order valence-electron chi connectivity index (χ0n) is 11.3. The van der Waals surface area contributed by atoms with Crippen molar-refractivity contribution in [3.63, 3.8) is 0 Å². The number of benzene rings is 2. The van der Waals surface area contributed by atoms with Gasteiger partial charge in [-0.1, -0.05) is 24.3 Å². The van der Waals surface area contributed by atoms with Crippen LogP contribution in [0.3, 0.4) is 0 Å². The first kappa shape index (κ1) is 14.0. The lowest BCUT2D eigenvalue weighted by Gasteiger charge is -2.07. The van der Waals surface area contributed by atoms with E-state index >= 15 is 0 Å². The summed E-state index contributed by atoms with van der Waals surface area (Å²) < 4.78 is 5.77. The van der Waals surface area contributed by atoms with E-state index in [0.717, 1.165) is 12.3 Å². The second-order valence-corrected chi connectivity index (χ2v) is 5.19. The van der Waals surface area contributed by atoms with Crippen molar-refractivity contribution in [3.05, 3.63) is 59.7 Å². The van der Waals surface area contributed by atoms with Gasteiger partial charge >= 0.3 is 0 Å². The molecule has 0 saturated carbocycles. The predicted octanol–water partition coefficient (Wildman–Crippen LogP) is 3.71. The van der Waals surface area contributed by atoms with Gasteiger partial charge in [0.25, 0.3) is 0 Å². The molecule has 0 radical (unpaired) electrons. The maximum Gasteiger partial charge on any atom is 0.119 e. The summed E-state index contributed by atoms with van der Waals surface area (Å²) in [5.41, 5.74) is 2.48. The minimum absolute atomic E-state index is 0.610. The van der Waals surface area contributed by atoms with E-state index in [1.807, 2.05) is 19.2 Å². The van der Waals surface area contributed by atoms with Crippen LogP contribution in [-0.4, -0.2) is 13.3 Å². The van der Waals surface area contributed by atoms with Crippen LogP contribution >= 0.6 is 11.8 Å². The lowest BCUT2D eigenvalue weighted by atomic mass is 10.1. The van der Waals surface area contributed by atoms with Crippen LogP contribution in [-0.2, 0) is 13.2 Å². The fourth-order valence-corrected chi connectivity index (χ4v) is 2.20. The third-order valence-corrected chi connectivity index (χ3v) is 3.61. The van der Waals surface area contributed by atoms with Crippen molar-refractivity contribution in [2.75, 3.05) is 13.3 Å². The van der Waals surface area contributed by atoms with Crippen LogP contribution in [0.25, 0.3) is 0 Å². The van der Waals surface area contributed by atoms with Gasteiger partial charge in [0, 0.05) is 11.4 Å². The van der Waals surface area contributed by atoms with Gasteiger partial charge < -0.3 is 10.1 Å². The third-order valence-electron chi connectivity index (χ3n) is 2.87. The summed E-state index contributed by atoms with van der Waals surface area (Å²) in [5, 5.41) is 3.14. The zero-order chi connectivity index (χ0) is 13.5. The van der Waals surface area contributed by atoms with Gasteiger partial charge in [0.2, 0.25) is 0 Å². The molecule has 0 fully saturated rings. The Bertz CT molecular complexity index is 493. The Morgan fingerprint density at radius 3 is 2.16 bits per heavy atom. The highest BCUT2D eigenvalue weighted by atomic mass is 32.2. The van der Waals surface area contributed by atoms with E-state index in [1.165, 1.54) is 16.0 Å². The van der Waals surface area contributed by atoms with Gasteiger partial charge in [-0.05, 0) is 48.7 Å². The van der Waals surface area contributed by atoms with Crippen molar-refractivity contribution < 1.29 is 4.74 Å². The lowest BCUT2D eigenvalue weighted by molar-refractivity contribution is 0.306. The van der Waals surface area contributed by atoms with E-state index in [2.05, 4.69) is 48.0 Å². The van der Waals surface area contributed by atoms with Crippen molar-refractivity contribution >= 4 is 11.8 Å². The molecule has 2 rings (SSSR count). The highest BCUT2D eigenvalue weighted by Crippen LogP contribution is 2.19. The Hall–Kier alpha value is -1.45. The molecule has 2 aromatic rings. The molecule has 2 nitrogen and oxygen atoms in total. The van der Waals surface area contributed by atoms with Crippen molar-refractivity contribution in [3.8, 4) is 5.75 Å². The molecule has 2 aromatic carbocycles. The van der Waals surface area contributed by atoms with Crippen LogP contribution < -0.4 is 10.1 Å². The standard InChI is InChI=1S/C16H19NOS/c1-17-11-13-3-5-14(6-4-13)12-18-15-7-9-16(19-2)10-8-15/h3-10,17H,11-12H2,1-2H3. The van der Waals surface area contributed by atoms with Crippen molar-refractivity contribution in [1.29, 1.82) is 0 Å². The average Bonchev–Trinajstić information content (AvgIpc) is 2.47. The number of hydrogen-bond donors (Lipinski definition) is 1. The maximum atomic E-state index is 5.77. The largest absolute Gasteiger partial charge is 0.489 e. The number of ether oxygens (including phenoxy) is 1. The number of hydrogen-bond acceptors (Lipinski definition) is 3. The van der Waals surface area contributed by atoms with Gasteiger partial charge in [-0.3, -0.25) is 0 Å². The Morgan fingerprint density at radius 1 is 0.947 bits per heavy atom. The molecule has 0 bridgehead atoms. The van der Waals surface area contributed by atoms with Crippen LogP contribution in [0, 0.1) is 0 Å². The number of nitrogens with one attached hydrogen (secondary N) is 1. The van der Waals surface area contributed by atoms with E-state index in [4.69, 9.17) is 4.74 Å². The van der Waals surface area contributed by atoms with E-state index in [-0.39, 0.29) is 0 Å². The van der Waals surface area contributed by atoms with Gasteiger partial charge in [0.15, 0.2) is 0 Å². The average molecular weight is 273 g/mol. The number of thioether (sulfide) groups is 1. The molecular weight excluding hydrogens is 254 g/mol. The Labute approximate surface area is 119 Å². The second kappa shape index (κ2) is 7.22. The van der Waals surface area contributed by atoms with Crippen LogP contribution in [0.2, 0.25) is 0 Å². The fraction of sp³-hybridized carbons (Fsp3) is 0.250. The fourth-order valence-electron chi connectivity index (χ4n) is 1.80. The SMILES string of the molecule is CNCc1ccc(COc2ccc(SC)cc2)cc1. The summed E-state index contributed by atoms with van der Waals surface area (Å²) in [6.45, 7) is 1.51. The first-order chi connectivity index (χ1) is 9.31. The smallest absolute Gasteiger partial charge is 0.119 e. The Kier molecular flexibility index (Phi) is 5.31. The molecule has 1 N–H and O–H groups in total. The second-order valence-electron chi connectivity index (χ2n) is 4.31. The Morgan fingerprint density at radius 2 is 1.58 bits per heavy atom. The third kappa shape index (κ3) is 4.30. The van der Waals surface area contributed by atoms with E-state index < -0.39 is 0 Å². The van der Waals surface area contributed by atoms with Crippen molar-refractivity contribution in [2.45, 2.75) is 18.0 Å². The molecule has 19 heavy (non-hydrogen) atoms. The van der Waals surface area contributed by atoms with Crippen molar-refractivity contribution in [2.24, 2.45) is 0 Å². The molecule has 0 aliphatic carbocycles. The molecule has 0 amide bonds. The molecule has 0 aliphatic heterocycles. The maximum absolute atomic E-state index is 5.77. The summed E-state index contributed by atoms with van der Waals surface area (Å²) in [4.78, 5) is 1.25. The van der Waals surface area contributed by atoms with E-state index in [1.54, 1.807) is 11.8 Å². The van der Waals surface area contributed by atoms with Gasteiger partial charge in [0.1, 0.15) is 12.4 Å². The highest BCUT2D eigenvalue weighted by Gasteiger charge is 1.97. The molecule has 0 spiro atoms. The van der Waals surface area contributed by atoms with Gasteiger partial charge in [-0.2, -0.15) is 0 Å². The topological polar surface area (TPSA) is 21.3 Å². The van der Waals surface area contributed by atoms with Crippen LogP contribution in [0.5, 0.6) is 5.75 Å². The lowest BCUT2D eigenvalue weighted by Crippen LogP contribution is -2.05. The van der Waals surface area contributed by atoms with Crippen LogP contribution in [0.1, 0.15) is 11.1 Å². The minimum atomic E-state index is 0.610. The van der Waals surface area contributed by atoms with Gasteiger partial charge in [-0.25, -0.2) is 0 Å². The van der Waals surface area contributed by atoms with E-state index in [9.17, 15) is 0 Å². The molecular formula is C16H19NOS. The van der Waals surface area contributed by atoms with Crippen LogP contribution in [0.15, 0.2) is 53.4 Å². The first-order valence-electron chi connectivity index (χ1n) is 6.31. The summed E-state index contributed by atoms with van der Waals surface area (Å²) in [6, 6.07) is 16.7. The molecule has 100 valence electrons. The molecule has 0 heterocycles. The molecule has 0 atom stereocenters. The van der Waals surface area contributed by atoms with Crippen LogP contribution in [0.4, 0.5) is 0 Å². The zero-order valence-corrected chi connectivity index (χ0v) is 12.2. The molecule has 3 heteroatoms. The summed E-state index contributed by atoms with van der Waals surface area (Å²) >= 11 is 1.74. The molecule has 0 aliphatic rings. The van der Waals surface area contributed by atoms with Gasteiger partial charge in [-0.15, -0.1) is 11.8 Å². The first-order valence-corrected chi connectivity index (χ1v) is 7.53. The van der Waals surface area contributed by atoms with Gasteiger partial charge in [0.05, 0.1) is 0 Å². The normalized spacial score (nSPS) is 10.4.